The molecular formula is C17H29ClN2O. The minimum absolute atomic E-state index is 0. The highest BCUT2D eigenvalue weighted by atomic mass is 35.5. The number of carbonyl (C=O) groups excluding carboxylic acids is 1. The molecule has 2 bridgehead atoms. The van der Waals surface area contributed by atoms with Gasteiger partial charge in [-0.15, -0.1) is 12.4 Å². The van der Waals surface area contributed by atoms with Crippen molar-refractivity contribution in [2.75, 3.05) is 7.05 Å². The van der Waals surface area contributed by atoms with Crippen LogP contribution in [0, 0.1) is 17.8 Å². The first-order valence-electron chi connectivity index (χ1n) is 8.72. The summed E-state index contributed by atoms with van der Waals surface area (Å²) in [4.78, 5) is 14.8. The lowest BCUT2D eigenvalue weighted by Gasteiger charge is -2.33. The summed E-state index contributed by atoms with van der Waals surface area (Å²) < 4.78 is 0. The van der Waals surface area contributed by atoms with E-state index in [0.29, 0.717) is 30.0 Å². The Morgan fingerprint density at radius 3 is 2.05 bits per heavy atom. The van der Waals surface area contributed by atoms with Crippen LogP contribution in [0.5, 0.6) is 0 Å². The van der Waals surface area contributed by atoms with E-state index in [-0.39, 0.29) is 12.4 Å². The number of amides is 1. The van der Waals surface area contributed by atoms with Crippen LogP contribution in [0.3, 0.4) is 0 Å². The zero-order valence-electron chi connectivity index (χ0n) is 13.1. The van der Waals surface area contributed by atoms with Crippen molar-refractivity contribution in [3.05, 3.63) is 0 Å². The Morgan fingerprint density at radius 1 is 1.05 bits per heavy atom. The second-order valence-corrected chi connectivity index (χ2v) is 7.85. The minimum atomic E-state index is 0. The number of halogens is 1. The zero-order chi connectivity index (χ0) is 13.7. The van der Waals surface area contributed by atoms with Gasteiger partial charge in [0, 0.05) is 31.6 Å². The lowest BCUT2D eigenvalue weighted by Crippen LogP contribution is -2.43. The van der Waals surface area contributed by atoms with Crippen LogP contribution in [0.2, 0.25) is 0 Å². The third kappa shape index (κ3) is 3.39. The van der Waals surface area contributed by atoms with Gasteiger partial charge in [-0.25, -0.2) is 0 Å². The molecular weight excluding hydrogens is 284 g/mol. The first-order chi connectivity index (χ1) is 9.70. The van der Waals surface area contributed by atoms with E-state index in [1.54, 1.807) is 0 Å². The van der Waals surface area contributed by atoms with Crippen molar-refractivity contribution in [3.8, 4) is 0 Å². The number of piperidine rings is 1. The molecule has 2 atom stereocenters. The van der Waals surface area contributed by atoms with E-state index in [2.05, 4.69) is 17.3 Å². The summed E-state index contributed by atoms with van der Waals surface area (Å²) in [7, 11) is 2.08. The van der Waals surface area contributed by atoms with Crippen molar-refractivity contribution in [2.24, 2.45) is 17.8 Å². The van der Waals surface area contributed by atoms with Gasteiger partial charge in [0.05, 0.1) is 0 Å². The van der Waals surface area contributed by atoms with E-state index in [9.17, 15) is 4.79 Å². The summed E-state index contributed by atoms with van der Waals surface area (Å²) in [6, 6.07) is 2.00. The molecule has 1 N–H and O–H groups in total. The fourth-order valence-corrected chi connectivity index (χ4v) is 4.79. The molecule has 0 radical (unpaired) electrons. The fourth-order valence-electron chi connectivity index (χ4n) is 4.79. The maximum atomic E-state index is 12.7. The highest BCUT2D eigenvalue weighted by Gasteiger charge is 2.45. The van der Waals surface area contributed by atoms with Gasteiger partial charge in [-0.1, -0.05) is 0 Å². The van der Waals surface area contributed by atoms with Gasteiger partial charge in [0.25, 0.3) is 0 Å². The van der Waals surface area contributed by atoms with E-state index in [1.807, 2.05) is 0 Å². The molecule has 0 aromatic rings. The van der Waals surface area contributed by atoms with Gasteiger partial charge in [-0.2, -0.15) is 0 Å². The second-order valence-electron chi connectivity index (χ2n) is 7.85. The Bertz CT molecular complexity index is 370. The lowest BCUT2D eigenvalue weighted by atomic mass is 9.89. The molecule has 0 aromatic heterocycles. The summed E-state index contributed by atoms with van der Waals surface area (Å²) >= 11 is 0. The van der Waals surface area contributed by atoms with Crippen LogP contribution in [0.15, 0.2) is 0 Å². The SMILES string of the molecule is CN(C(=O)CC1CC2CCC(C1)N2)C(C1CC1)C1CC1.Cl. The number of nitrogens with zero attached hydrogens (tertiary/aromatic N) is 1. The standard InChI is InChI=1S/C17H28N2O.ClH/c1-19(17(12-2-3-12)13-4-5-13)16(20)10-11-8-14-6-7-15(9-11)18-14;/h11-15,17-18H,2-10H2,1H3;1H. The molecule has 3 nitrogen and oxygen atoms in total. The van der Waals surface area contributed by atoms with Gasteiger partial charge in [0.1, 0.15) is 0 Å². The van der Waals surface area contributed by atoms with Crippen LogP contribution >= 0.6 is 12.4 Å². The Kier molecular flexibility index (Phi) is 4.52. The summed E-state index contributed by atoms with van der Waals surface area (Å²) in [5.74, 6) is 2.74. The maximum Gasteiger partial charge on any atom is 0.222 e. The van der Waals surface area contributed by atoms with Gasteiger partial charge in [0.15, 0.2) is 0 Å². The van der Waals surface area contributed by atoms with Gasteiger partial charge >= 0.3 is 0 Å². The predicted molar refractivity (Wildman–Crippen MR) is 86.5 cm³/mol. The minimum Gasteiger partial charge on any atom is -0.342 e. The Balaban J connectivity index is 0.00000132. The van der Waals surface area contributed by atoms with E-state index >= 15 is 0 Å². The van der Waals surface area contributed by atoms with Crippen molar-refractivity contribution in [2.45, 2.75) is 75.9 Å². The molecule has 0 aromatic carbocycles. The van der Waals surface area contributed by atoms with E-state index in [4.69, 9.17) is 0 Å². The van der Waals surface area contributed by atoms with Crippen molar-refractivity contribution in [1.29, 1.82) is 0 Å². The van der Waals surface area contributed by atoms with Crippen molar-refractivity contribution in [1.82, 2.24) is 10.2 Å². The predicted octanol–water partition coefficient (Wildman–Crippen LogP) is 2.98. The van der Waals surface area contributed by atoms with Crippen molar-refractivity contribution < 1.29 is 4.79 Å². The van der Waals surface area contributed by atoms with Crippen LogP contribution in [0.4, 0.5) is 0 Å². The number of carbonyl (C=O) groups is 1. The molecule has 2 aliphatic heterocycles. The molecule has 2 saturated carbocycles. The third-order valence-electron chi connectivity index (χ3n) is 6.08. The smallest absolute Gasteiger partial charge is 0.222 e. The van der Waals surface area contributed by atoms with Crippen LogP contribution in [0.1, 0.15) is 57.8 Å². The van der Waals surface area contributed by atoms with E-state index in [0.717, 1.165) is 18.3 Å². The van der Waals surface area contributed by atoms with Crippen LogP contribution < -0.4 is 5.32 Å². The molecule has 4 heteroatoms. The number of rotatable bonds is 5. The van der Waals surface area contributed by atoms with E-state index < -0.39 is 0 Å². The number of fused-ring (bicyclic) bond motifs is 2. The summed E-state index contributed by atoms with van der Waals surface area (Å²) in [6.07, 6.45) is 11.4. The van der Waals surface area contributed by atoms with Gasteiger partial charge in [-0.05, 0) is 69.1 Å². The molecule has 4 rings (SSSR count). The number of hydrogen-bond acceptors (Lipinski definition) is 2. The van der Waals surface area contributed by atoms with Crippen molar-refractivity contribution >= 4 is 18.3 Å². The highest BCUT2D eigenvalue weighted by molar-refractivity contribution is 5.85. The third-order valence-corrected chi connectivity index (χ3v) is 6.08. The number of nitrogens with one attached hydrogen (secondary N) is 1. The second kappa shape index (κ2) is 6.08. The van der Waals surface area contributed by atoms with Crippen LogP contribution in [-0.2, 0) is 4.79 Å². The molecule has 1 amide bonds. The summed E-state index contributed by atoms with van der Waals surface area (Å²) in [5, 5.41) is 3.68. The van der Waals surface area contributed by atoms with Gasteiger partial charge in [-0.3, -0.25) is 4.79 Å². The molecule has 2 unspecified atom stereocenters. The molecule has 120 valence electrons. The molecule has 4 aliphatic rings. The molecule has 0 spiro atoms. The Hall–Kier alpha value is -0.280. The molecule has 21 heavy (non-hydrogen) atoms. The summed E-state index contributed by atoms with van der Waals surface area (Å²) in [5.41, 5.74) is 0. The zero-order valence-corrected chi connectivity index (χ0v) is 13.9. The van der Waals surface area contributed by atoms with E-state index in [1.165, 1.54) is 51.4 Å². The topological polar surface area (TPSA) is 32.3 Å². The number of hydrogen-bond donors (Lipinski definition) is 1. The quantitative estimate of drug-likeness (QED) is 0.846. The van der Waals surface area contributed by atoms with Gasteiger partial charge < -0.3 is 10.2 Å². The largest absolute Gasteiger partial charge is 0.342 e. The highest BCUT2D eigenvalue weighted by Crippen LogP contribution is 2.47. The Labute approximate surface area is 134 Å². The first kappa shape index (κ1) is 15.6. The molecule has 2 heterocycles. The molecule has 2 saturated heterocycles. The fraction of sp³-hybridized carbons (Fsp3) is 0.941. The normalized spacial score (nSPS) is 34.7. The van der Waals surface area contributed by atoms with Crippen molar-refractivity contribution in [3.63, 3.8) is 0 Å². The maximum absolute atomic E-state index is 12.7. The molecule has 2 aliphatic carbocycles. The lowest BCUT2D eigenvalue weighted by molar-refractivity contribution is -0.134. The average Bonchev–Trinajstić information content (AvgIpc) is 3.31. The van der Waals surface area contributed by atoms with Gasteiger partial charge in [0.2, 0.25) is 5.91 Å². The monoisotopic (exact) mass is 312 g/mol. The van der Waals surface area contributed by atoms with Crippen LogP contribution in [0.25, 0.3) is 0 Å². The average molecular weight is 313 g/mol. The van der Waals surface area contributed by atoms with Crippen LogP contribution in [-0.4, -0.2) is 36.0 Å². The first-order valence-corrected chi connectivity index (χ1v) is 8.72. The molecule has 4 fully saturated rings. The summed E-state index contributed by atoms with van der Waals surface area (Å²) in [6.45, 7) is 0. The Morgan fingerprint density at radius 2 is 1.57 bits per heavy atom.